The molecule has 1 aromatic heterocycles. The average molecular weight is 408 g/mol. The summed E-state index contributed by atoms with van der Waals surface area (Å²) in [7, 11) is 0. The summed E-state index contributed by atoms with van der Waals surface area (Å²) in [6.45, 7) is 4.22. The zero-order valence-electron chi connectivity index (χ0n) is 15.9. The normalized spacial score (nSPS) is 11.0. The van der Waals surface area contributed by atoms with E-state index in [4.69, 9.17) is 0 Å². The van der Waals surface area contributed by atoms with Gasteiger partial charge in [0.15, 0.2) is 5.13 Å². The largest absolute Gasteiger partial charge is 0.279 e. The lowest BCUT2D eigenvalue weighted by Crippen LogP contribution is -2.31. The van der Waals surface area contributed by atoms with Crippen LogP contribution in [0.1, 0.15) is 27.0 Å². The predicted molar refractivity (Wildman–Crippen MR) is 112 cm³/mol. The molecular weight excluding hydrogens is 390 g/mol. The second kappa shape index (κ2) is 7.72. The maximum Gasteiger partial charge on any atom is 0.263 e. The van der Waals surface area contributed by atoms with Crippen molar-refractivity contribution >= 4 is 32.6 Å². The van der Waals surface area contributed by atoms with Gasteiger partial charge in [-0.2, -0.15) is 0 Å². The lowest BCUT2D eigenvalue weighted by molar-refractivity contribution is 0.0981. The number of fused-ring (bicyclic) bond motifs is 1. The van der Waals surface area contributed by atoms with Crippen molar-refractivity contribution in [1.29, 1.82) is 0 Å². The van der Waals surface area contributed by atoms with Gasteiger partial charge in [-0.15, -0.1) is 0 Å². The Morgan fingerprint density at radius 3 is 2.52 bits per heavy atom. The Bertz CT molecular complexity index is 1200. The Morgan fingerprint density at radius 2 is 1.79 bits per heavy atom. The summed E-state index contributed by atoms with van der Waals surface area (Å²) in [5.41, 5.74) is 3.65. The van der Waals surface area contributed by atoms with Gasteiger partial charge >= 0.3 is 0 Å². The van der Waals surface area contributed by atoms with Gasteiger partial charge in [-0.05, 0) is 48.7 Å². The highest BCUT2D eigenvalue weighted by Gasteiger charge is 2.24. The van der Waals surface area contributed by atoms with Crippen molar-refractivity contribution in [2.24, 2.45) is 0 Å². The van der Waals surface area contributed by atoms with Crippen LogP contribution in [0.15, 0.2) is 60.7 Å². The van der Waals surface area contributed by atoms with Gasteiger partial charge in [0.1, 0.15) is 11.6 Å². The fourth-order valence-corrected chi connectivity index (χ4v) is 4.29. The molecule has 1 heterocycles. The standard InChI is InChI=1S/C23H18F2N2OS/c1-14-10-15(2)21-20(11-14)26-23(29-21)27(13-16-6-4-3-5-7-16)22(28)18-9-8-17(24)12-19(18)25/h3-12H,13H2,1-2H3. The van der Waals surface area contributed by atoms with Crippen molar-refractivity contribution in [3.8, 4) is 0 Å². The Kier molecular flexibility index (Phi) is 5.11. The van der Waals surface area contributed by atoms with E-state index >= 15 is 0 Å². The van der Waals surface area contributed by atoms with E-state index in [1.807, 2.05) is 50.2 Å². The van der Waals surface area contributed by atoms with Gasteiger partial charge in [-0.25, -0.2) is 13.8 Å². The third kappa shape index (κ3) is 3.89. The van der Waals surface area contributed by atoms with Crippen LogP contribution < -0.4 is 4.90 Å². The number of hydrogen-bond donors (Lipinski definition) is 0. The fourth-order valence-electron chi connectivity index (χ4n) is 3.28. The zero-order chi connectivity index (χ0) is 20.5. The van der Waals surface area contributed by atoms with Crippen LogP contribution in [-0.2, 0) is 6.54 Å². The van der Waals surface area contributed by atoms with E-state index < -0.39 is 17.5 Å². The lowest BCUT2D eigenvalue weighted by atomic mass is 10.1. The SMILES string of the molecule is Cc1cc(C)c2sc(N(Cc3ccccc3)C(=O)c3ccc(F)cc3F)nc2c1. The first-order chi connectivity index (χ1) is 13.9. The summed E-state index contributed by atoms with van der Waals surface area (Å²) >= 11 is 1.39. The van der Waals surface area contributed by atoms with Crippen molar-refractivity contribution in [2.75, 3.05) is 4.90 Å². The molecule has 0 saturated heterocycles. The molecule has 0 radical (unpaired) electrons. The van der Waals surface area contributed by atoms with Crippen LogP contribution in [0.25, 0.3) is 10.2 Å². The molecule has 1 amide bonds. The molecule has 4 aromatic rings. The summed E-state index contributed by atoms with van der Waals surface area (Å²) in [4.78, 5) is 19.3. The van der Waals surface area contributed by atoms with Crippen LogP contribution >= 0.6 is 11.3 Å². The van der Waals surface area contributed by atoms with E-state index in [0.717, 1.165) is 39.0 Å². The third-order valence-electron chi connectivity index (χ3n) is 4.63. The first kappa shape index (κ1) is 19.2. The van der Waals surface area contributed by atoms with E-state index in [1.165, 1.54) is 22.3 Å². The second-order valence-corrected chi connectivity index (χ2v) is 7.91. The van der Waals surface area contributed by atoms with E-state index in [-0.39, 0.29) is 12.1 Å². The Labute approximate surface area is 171 Å². The van der Waals surface area contributed by atoms with Gasteiger partial charge in [0.05, 0.1) is 22.3 Å². The number of thiazole rings is 1. The van der Waals surface area contributed by atoms with E-state index in [1.54, 1.807) is 0 Å². The predicted octanol–water partition coefficient (Wildman–Crippen LogP) is 6.04. The zero-order valence-corrected chi connectivity index (χ0v) is 16.8. The lowest BCUT2D eigenvalue weighted by Gasteiger charge is -2.20. The van der Waals surface area contributed by atoms with E-state index in [0.29, 0.717) is 5.13 Å². The molecule has 0 fully saturated rings. The summed E-state index contributed by atoms with van der Waals surface area (Å²) in [5, 5.41) is 0.478. The molecule has 0 bridgehead atoms. The summed E-state index contributed by atoms with van der Waals surface area (Å²) < 4.78 is 28.6. The van der Waals surface area contributed by atoms with Crippen molar-refractivity contribution in [2.45, 2.75) is 20.4 Å². The van der Waals surface area contributed by atoms with E-state index in [9.17, 15) is 13.6 Å². The number of aryl methyl sites for hydroxylation is 2. The molecule has 29 heavy (non-hydrogen) atoms. The van der Waals surface area contributed by atoms with Crippen molar-refractivity contribution in [3.05, 3.63) is 94.6 Å². The molecule has 4 rings (SSSR count). The van der Waals surface area contributed by atoms with E-state index in [2.05, 4.69) is 11.1 Å². The number of halogens is 2. The monoisotopic (exact) mass is 408 g/mol. The molecule has 146 valence electrons. The van der Waals surface area contributed by atoms with Crippen LogP contribution in [-0.4, -0.2) is 10.9 Å². The van der Waals surface area contributed by atoms with Crippen LogP contribution in [0, 0.1) is 25.5 Å². The minimum atomic E-state index is -0.888. The quantitative estimate of drug-likeness (QED) is 0.413. The van der Waals surface area contributed by atoms with Crippen molar-refractivity contribution in [3.63, 3.8) is 0 Å². The van der Waals surface area contributed by atoms with Gasteiger partial charge < -0.3 is 0 Å². The highest BCUT2D eigenvalue weighted by molar-refractivity contribution is 7.22. The number of aromatic nitrogens is 1. The average Bonchev–Trinajstić information content (AvgIpc) is 3.10. The van der Waals surface area contributed by atoms with Crippen LogP contribution in [0.2, 0.25) is 0 Å². The molecule has 0 atom stereocenters. The smallest absolute Gasteiger partial charge is 0.263 e. The molecule has 0 unspecified atom stereocenters. The molecule has 0 aliphatic rings. The topological polar surface area (TPSA) is 33.2 Å². The molecule has 0 spiro atoms. The number of amides is 1. The number of rotatable bonds is 4. The van der Waals surface area contributed by atoms with Gasteiger partial charge in [0, 0.05) is 6.07 Å². The Hall–Kier alpha value is -3.12. The first-order valence-electron chi connectivity index (χ1n) is 9.11. The van der Waals surface area contributed by atoms with Crippen LogP contribution in [0.5, 0.6) is 0 Å². The van der Waals surface area contributed by atoms with Gasteiger partial charge in [-0.3, -0.25) is 9.69 Å². The summed E-state index contributed by atoms with van der Waals surface area (Å²) in [5.74, 6) is -2.17. The molecule has 3 aromatic carbocycles. The highest BCUT2D eigenvalue weighted by atomic mass is 32.1. The number of benzene rings is 3. The maximum absolute atomic E-state index is 14.3. The fraction of sp³-hybridized carbons (Fsp3) is 0.130. The maximum atomic E-state index is 14.3. The van der Waals surface area contributed by atoms with Gasteiger partial charge in [0.2, 0.25) is 0 Å². The minimum absolute atomic E-state index is 0.186. The Balaban J connectivity index is 1.82. The minimum Gasteiger partial charge on any atom is -0.279 e. The number of nitrogens with zero attached hydrogens (tertiary/aromatic N) is 2. The van der Waals surface area contributed by atoms with Gasteiger partial charge in [0.25, 0.3) is 5.91 Å². The summed E-state index contributed by atoms with van der Waals surface area (Å²) in [6, 6.07) is 16.4. The highest BCUT2D eigenvalue weighted by Crippen LogP contribution is 2.33. The van der Waals surface area contributed by atoms with Crippen LogP contribution in [0.3, 0.4) is 0 Å². The second-order valence-electron chi connectivity index (χ2n) is 6.93. The molecular formula is C23H18F2N2OS. The number of carbonyl (C=O) groups is 1. The van der Waals surface area contributed by atoms with Crippen molar-refractivity contribution < 1.29 is 13.6 Å². The summed E-state index contributed by atoms with van der Waals surface area (Å²) in [6.07, 6.45) is 0. The Morgan fingerprint density at radius 1 is 1.03 bits per heavy atom. The number of anilines is 1. The molecule has 0 aliphatic heterocycles. The van der Waals surface area contributed by atoms with Crippen LogP contribution in [0.4, 0.5) is 13.9 Å². The van der Waals surface area contributed by atoms with Crippen molar-refractivity contribution in [1.82, 2.24) is 4.98 Å². The number of carbonyl (C=O) groups excluding carboxylic acids is 1. The first-order valence-corrected chi connectivity index (χ1v) is 9.92. The molecule has 0 aliphatic carbocycles. The molecule has 0 saturated carbocycles. The number of hydrogen-bond acceptors (Lipinski definition) is 3. The van der Waals surface area contributed by atoms with Gasteiger partial charge in [-0.1, -0.05) is 47.7 Å². The molecule has 0 N–H and O–H groups in total. The molecule has 6 heteroatoms. The third-order valence-corrected chi connectivity index (χ3v) is 5.86. The molecule has 3 nitrogen and oxygen atoms in total.